The molecule has 0 spiro atoms. The maximum absolute atomic E-state index is 11.8. The van der Waals surface area contributed by atoms with Gasteiger partial charge in [0.05, 0.1) is 11.3 Å². The third-order valence-electron chi connectivity index (χ3n) is 2.27. The molecule has 0 aliphatic heterocycles. The highest BCUT2D eigenvalue weighted by Crippen LogP contribution is 2.06. The highest BCUT2D eigenvalue weighted by molar-refractivity contribution is 5.95. The van der Waals surface area contributed by atoms with Gasteiger partial charge in [-0.15, -0.1) is 12.3 Å². The standard InChI is InChI=1S/C12H17N3O/c1-4-6-7-8-13-12(16)10-9-15(3)14-11(10)5-2/h1,9H,5-8H2,2-3H3,(H,13,16). The molecule has 1 aromatic rings. The van der Waals surface area contributed by atoms with Crippen LogP contribution in [-0.4, -0.2) is 22.2 Å². The van der Waals surface area contributed by atoms with Crippen LogP contribution in [0, 0.1) is 12.3 Å². The average Bonchev–Trinajstić information content (AvgIpc) is 2.65. The number of hydrogen-bond acceptors (Lipinski definition) is 2. The van der Waals surface area contributed by atoms with Crippen LogP contribution in [0.25, 0.3) is 0 Å². The molecule has 0 aliphatic carbocycles. The Morgan fingerprint density at radius 1 is 1.69 bits per heavy atom. The zero-order chi connectivity index (χ0) is 12.0. The quantitative estimate of drug-likeness (QED) is 0.596. The molecule has 0 unspecified atom stereocenters. The van der Waals surface area contributed by atoms with Gasteiger partial charge in [0.1, 0.15) is 0 Å². The molecule has 0 saturated heterocycles. The molecular formula is C12H17N3O. The summed E-state index contributed by atoms with van der Waals surface area (Å²) in [6.45, 7) is 2.60. The minimum absolute atomic E-state index is 0.0676. The Bertz CT molecular complexity index is 401. The van der Waals surface area contributed by atoms with Gasteiger partial charge < -0.3 is 5.32 Å². The van der Waals surface area contributed by atoms with Gasteiger partial charge in [-0.1, -0.05) is 6.92 Å². The van der Waals surface area contributed by atoms with E-state index in [9.17, 15) is 4.79 Å². The fourth-order valence-electron chi connectivity index (χ4n) is 1.47. The third kappa shape index (κ3) is 3.13. The Hall–Kier alpha value is -1.76. The number of hydrogen-bond donors (Lipinski definition) is 1. The van der Waals surface area contributed by atoms with Crippen LogP contribution in [0.1, 0.15) is 35.8 Å². The normalized spacial score (nSPS) is 9.81. The number of carbonyl (C=O) groups excluding carboxylic acids is 1. The largest absolute Gasteiger partial charge is 0.352 e. The van der Waals surface area contributed by atoms with Crippen molar-refractivity contribution in [1.29, 1.82) is 0 Å². The second kappa shape index (κ2) is 5.96. The van der Waals surface area contributed by atoms with E-state index in [4.69, 9.17) is 6.42 Å². The van der Waals surface area contributed by atoms with Gasteiger partial charge in [0.15, 0.2) is 0 Å². The zero-order valence-corrected chi connectivity index (χ0v) is 9.79. The molecule has 1 N–H and O–H groups in total. The molecule has 0 aromatic carbocycles. The van der Waals surface area contributed by atoms with E-state index < -0.39 is 0 Å². The molecule has 0 bridgehead atoms. The summed E-state index contributed by atoms with van der Waals surface area (Å²) in [4.78, 5) is 11.8. The maximum Gasteiger partial charge on any atom is 0.254 e. The lowest BCUT2D eigenvalue weighted by Crippen LogP contribution is -2.24. The number of aryl methyl sites for hydroxylation is 2. The van der Waals surface area contributed by atoms with Crippen molar-refractivity contribution in [2.75, 3.05) is 6.54 Å². The van der Waals surface area contributed by atoms with Crippen LogP contribution in [0.3, 0.4) is 0 Å². The molecule has 4 heteroatoms. The Labute approximate surface area is 96.0 Å². The molecule has 1 amide bonds. The summed E-state index contributed by atoms with van der Waals surface area (Å²) in [5.74, 6) is 2.47. The van der Waals surface area contributed by atoms with Crippen molar-refractivity contribution in [3.8, 4) is 12.3 Å². The van der Waals surface area contributed by atoms with Gasteiger partial charge in [0.2, 0.25) is 0 Å². The minimum Gasteiger partial charge on any atom is -0.352 e. The Balaban J connectivity index is 2.55. The number of unbranched alkanes of at least 4 members (excludes halogenated alkanes) is 1. The lowest BCUT2D eigenvalue weighted by molar-refractivity contribution is 0.0952. The zero-order valence-electron chi connectivity index (χ0n) is 9.79. The van der Waals surface area contributed by atoms with E-state index in [1.54, 1.807) is 10.9 Å². The summed E-state index contributed by atoms with van der Waals surface area (Å²) < 4.78 is 1.66. The Morgan fingerprint density at radius 3 is 3.06 bits per heavy atom. The summed E-state index contributed by atoms with van der Waals surface area (Å²) in [5.41, 5.74) is 1.49. The molecule has 1 heterocycles. The molecule has 0 aliphatic rings. The van der Waals surface area contributed by atoms with Crippen LogP contribution in [0.15, 0.2) is 6.20 Å². The molecule has 1 aromatic heterocycles. The van der Waals surface area contributed by atoms with Crippen molar-refractivity contribution in [3.05, 3.63) is 17.5 Å². The van der Waals surface area contributed by atoms with Gasteiger partial charge in [0, 0.05) is 26.2 Å². The first-order valence-electron chi connectivity index (χ1n) is 5.43. The van der Waals surface area contributed by atoms with Crippen LogP contribution < -0.4 is 5.32 Å². The second-order valence-electron chi connectivity index (χ2n) is 3.58. The van der Waals surface area contributed by atoms with Gasteiger partial charge in [-0.2, -0.15) is 5.10 Å². The van der Waals surface area contributed by atoms with Gasteiger partial charge in [0.25, 0.3) is 5.91 Å². The van der Waals surface area contributed by atoms with Crippen molar-refractivity contribution in [2.45, 2.75) is 26.2 Å². The van der Waals surface area contributed by atoms with E-state index >= 15 is 0 Å². The smallest absolute Gasteiger partial charge is 0.254 e. The molecule has 16 heavy (non-hydrogen) atoms. The van der Waals surface area contributed by atoms with E-state index in [0.717, 1.165) is 18.5 Å². The molecule has 86 valence electrons. The fourth-order valence-corrected chi connectivity index (χ4v) is 1.47. The van der Waals surface area contributed by atoms with E-state index in [1.807, 2.05) is 14.0 Å². The van der Waals surface area contributed by atoms with Crippen LogP contribution in [0.4, 0.5) is 0 Å². The number of carbonyl (C=O) groups is 1. The number of nitrogens with zero attached hydrogens (tertiary/aromatic N) is 2. The third-order valence-corrected chi connectivity index (χ3v) is 2.27. The van der Waals surface area contributed by atoms with Crippen molar-refractivity contribution in [2.24, 2.45) is 7.05 Å². The summed E-state index contributed by atoms with van der Waals surface area (Å²) in [5, 5.41) is 7.05. The molecular weight excluding hydrogens is 202 g/mol. The summed E-state index contributed by atoms with van der Waals surface area (Å²) in [6, 6.07) is 0. The number of amides is 1. The molecule has 1 rings (SSSR count). The van der Waals surface area contributed by atoms with Crippen molar-refractivity contribution in [1.82, 2.24) is 15.1 Å². The summed E-state index contributed by atoms with van der Waals surface area (Å²) in [7, 11) is 1.81. The Morgan fingerprint density at radius 2 is 2.44 bits per heavy atom. The van der Waals surface area contributed by atoms with Gasteiger partial charge >= 0.3 is 0 Å². The maximum atomic E-state index is 11.8. The van der Waals surface area contributed by atoms with Crippen LogP contribution >= 0.6 is 0 Å². The van der Waals surface area contributed by atoms with Crippen LogP contribution in [-0.2, 0) is 13.5 Å². The van der Waals surface area contributed by atoms with E-state index in [-0.39, 0.29) is 5.91 Å². The predicted molar refractivity (Wildman–Crippen MR) is 63.0 cm³/mol. The first-order chi connectivity index (χ1) is 7.69. The average molecular weight is 219 g/mol. The molecule has 0 radical (unpaired) electrons. The first kappa shape index (κ1) is 12.3. The number of terminal acetylenes is 1. The lowest BCUT2D eigenvalue weighted by Gasteiger charge is -2.02. The SMILES string of the molecule is C#CCCCNC(=O)c1cn(C)nc1CC. The summed E-state index contributed by atoms with van der Waals surface area (Å²) >= 11 is 0. The fraction of sp³-hybridized carbons (Fsp3) is 0.500. The van der Waals surface area contributed by atoms with E-state index in [2.05, 4.69) is 16.3 Å². The van der Waals surface area contributed by atoms with Crippen LogP contribution in [0.5, 0.6) is 0 Å². The van der Waals surface area contributed by atoms with Gasteiger partial charge in [-0.3, -0.25) is 9.48 Å². The number of nitrogens with one attached hydrogen (secondary N) is 1. The molecule has 0 fully saturated rings. The monoisotopic (exact) mass is 219 g/mol. The number of rotatable bonds is 5. The van der Waals surface area contributed by atoms with Gasteiger partial charge in [-0.05, 0) is 12.8 Å². The second-order valence-corrected chi connectivity index (χ2v) is 3.58. The van der Waals surface area contributed by atoms with Crippen molar-refractivity contribution < 1.29 is 4.79 Å². The number of aromatic nitrogens is 2. The molecule has 0 atom stereocenters. The first-order valence-corrected chi connectivity index (χ1v) is 5.43. The molecule has 4 nitrogen and oxygen atoms in total. The summed E-state index contributed by atoms with van der Waals surface area (Å²) in [6.07, 6.45) is 9.13. The predicted octanol–water partition coefficient (Wildman–Crippen LogP) is 1.13. The van der Waals surface area contributed by atoms with Crippen molar-refractivity contribution in [3.63, 3.8) is 0 Å². The highest BCUT2D eigenvalue weighted by atomic mass is 16.1. The minimum atomic E-state index is -0.0676. The highest BCUT2D eigenvalue weighted by Gasteiger charge is 2.13. The van der Waals surface area contributed by atoms with Gasteiger partial charge in [-0.25, -0.2) is 0 Å². The van der Waals surface area contributed by atoms with Crippen molar-refractivity contribution >= 4 is 5.91 Å². The molecule has 0 saturated carbocycles. The Kier molecular flexibility index (Phi) is 4.59. The van der Waals surface area contributed by atoms with E-state index in [0.29, 0.717) is 18.5 Å². The lowest BCUT2D eigenvalue weighted by atomic mass is 10.2. The van der Waals surface area contributed by atoms with E-state index in [1.165, 1.54) is 0 Å². The topological polar surface area (TPSA) is 46.9 Å². The van der Waals surface area contributed by atoms with Crippen LogP contribution in [0.2, 0.25) is 0 Å².